The predicted octanol–water partition coefficient (Wildman–Crippen LogP) is 3.87. The maximum atomic E-state index is 12.3. The van der Waals surface area contributed by atoms with Crippen LogP contribution in [0.1, 0.15) is 52.8 Å². The van der Waals surface area contributed by atoms with Crippen molar-refractivity contribution in [1.29, 1.82) is 0 Å². The lowest BCUT2D eigenvalue weighted by Gasteiger charge is -2.23. The predicted molar refractivity (Wildman–Crippen MR) is 100 cm³/mol. The van der Waals surface area contributed by atoms with Gasteiger partial charge in [-0.3, -0.25) is 4.79 Å². The first-order valence-corrected chi connectivity index (χ1v) is 8.88. The molecule has 6 heteroatoms. The minimum Gasteiger partial charge on any atom is -0.465 e. The Kier molecular flexibility index (Phi) is 5.84. The Labute approximate surface area is 153 Å². The van der Waals surface area contributed by atoms with Crippen molar-refractivity contribution in [2.24, 2.45) is 0 Å². The molecule has 1 aromatic heterocycles. The summed E-state index contributed by atoms with van der Waals surface area (Å²) in [6.07, 6.45) is 7.74. The molecule has 1 amide bonds. The maximum absolute atomic E-state index is 12.3. The van der Waals surface area contributed by atoms with Crippen LogP contribution < -0.4 is 10.6 Å². The van der Waals surface area contributed by atoms with Gasteiger partial charge in [-0.1, -0.05) is 19.3 Å². The lowest BCUT2D eigenvalue weighted by molar-refractivity contribution is 0.0600. The number of anilines is 2. The molecule has 2 N–H and O–H groups in total. The first-order valence-electron chi connectivity index (χ1n) is 8.88. The smallest absolute Gasteiger partial charge is 0.337 e. The molecule has 0 saturated heterocycles. The van der Waals surface area contributed by atoms with Crippen LogP contribution >= 0.6 is 0 Å². The fourth-order valence-corrected chi connectivity index (χ4v) is 3.08. The summed E-state index contributed by atoms with van der Waals surface area (Å²) in [5.74, 6) is 0.150. The average molecular weight is 353 g/mol. The molecule has 1 fully saturated rings. The van der Waals surface area contributed by atoms with E-state index >= 15 is 0 Å². The fraction of sp³-hybridized carbons (Fsp3) is 0.350. The van der Waals surface area contributed by atoms with E-state index in [2.05, 4.69) is 20.4 Å². The minimum absolute atomic E-state index is 0.243. The molecule has 1 saturated carbocycles. The number of hydrogen-bond acceptors (Lipinski definition) is 5. The largest absolute Gasteiger partial charge is 0.465 e. The number of aromatic nitrogens is 1. The second-order valence-electron chi connectivity index (χ2n) is 6.43. The zero-order valence-electron chi connectivity index (χ0n) is 14.8. The molecule has 0 aliphatic heterocycles. The van der Waals surface area contributed by atoms with E-state index in [1.807, 2.05) is 6.07 Å². The maximum Gasteiger partial charge on any atom is 0.337 e. The molecular weight excluding hydrogens is 330 g/mol. The number of hydrogen-bond donors (Lipinski definition) is 2. The van der Waals surface area contributed by atoms with E-state index < -0.39 is 5.97 Å². The van der Waals surface area contributed by atoms with Crippen molar-refractivity contribution >= 4 is 23.4 Å². The standard InChI is InChI=1S/C20H23N3O3/c1-26-20(25)14-7-10-17(11-8-14)23-19(24)15-9-12-18(21-13-15)22-16-5-3-2-4-6-16/h7-13,16H,2-6H2,1H3,(H,21,22)(H,23,24). The molecule has 6 nitrogen and oxygen atoms in total. The van der Waals surface area contributed by atoms with E-state index in [-0.39, 0.29) is 5.91 Å². The van der Waals surface area contributed by atoms with Crippen molar-refractivity contribution < 1.29 is 14.3 Å². The van der Waals surface area contributed by atoms with Gasteiger partial charge in [0.05, 0.1) is 18.2 Å². The van der Waals surface area contributed by atoms with Crippen LogP contribution in [0.25, 0.3) is 0 Å². The fourth-order valence-electron chi connectivity index (χ4n) is 3.08. The second-order valence-corrected chi connectivity index (χ2v) is 6.43. The number of rotatable bonds is 5. The van der Waals surface area contributed by atoms with Gasteiger partial charge in [-0.15, -0.1) is 0 Å². The van der Waals surface area contributed by atoms with Gasteiger partial charge in [0.2, 0.25) is 0 Å². The van der Waals surface area contributed by atoms with Gasteiger partial charge in [-0.2, -0.15) is 0 Å². The molecule has 0 atom stereocenters. The monoisotopic (exact) mass is 353 g/mol. The summed E-state index contributed by atoms with van der Waals surface area (Å²) in [6, 6.07) is 10.6. The number of carbonyl (C=O) groups excluding carboxylic acids is 2. The average Bonchev–Trinajstić information content (AvgIpc) is 2.69. The number of ether oxygens (including phenoxy) is 1. The lowest BCUT2D eigenvalue weighted by atomic mass is 9.95. The highest BCUT2D eigenvalue weighted by Gasteiger charge is 2.14. The van der Waals surface area contributed by atoms with Crippen LogP contribution in [0.4, 0.5) is 11.5 Å². The Balaban J connectivity index is 1.58. The van der Waals surface area contributed by atoms with Crippen molar-refractivity contribution in [3.8, 4) is 0 Å². The Bertz CT molecular complexity index is 751. The van der Waals surface area contributed by atoms with Gasteiger partial charge in [-0.25, -0.2) is 9.78 Å². The molecule has 0 radical (unpaired) electrons. The highest BCUT2D eigenvalue weighted by molar-refractivity contribution is 6.04. The normalized spacial score (nSPS) is 14.5. The number of nitrogens with zero attached hydrogens (tertiary/aromatic N) is 1. The van der Waals surface area contributed by atoms with Crippen molar-refractivity contribution in [2.75, 3.05) is 17.7 Å². The molecule has 1 aliphatic carbocycles. The van der Waals surface area contributed by atoms with Gasteiger partial charge in [0.15, 0.2) is 0 Å². The van der Waals surface area contributed by atoms with Crippen molar-refractivity contribution in [3.05, 3.63) is 53.7 Å². The second kappa shape index (κ2) is 8.47. The van der Waals surface area contributed by atoms with Gasteiger partial charge >= 0.3 is 5.97 Å². The van der Waals surface area contributed by atoms with Gasteiger partial charge < -0.3 is 15.4 Å². The molecule has 136 valence electrons. The van der Waals surface area contributed by atoms with Crippen LogP contribution in [-0.2, 0) is 4.74 Å². The van der Waals surface area contributed by atoms with E-state index in [9.17, 15) is 9.59 Å². The molecule has 1 aliphatic rings. The molecule has 0 bridgehead atoms. The zero-order chi connectivity index (χ0) is 18.4. The molecule has 1 aromatic carbocycles. The lowest BCUT2D eigenvalue weighted by Crippen LogP contribution is -2.22. The highest BCUT2D eigenvalue weighted by Crippen LogP contribution is 2.21. The molecular formula is C20H23N3O3. The summed E-state index contributed by atoms with van der Waals surface area (Å²) < 4.78 is 4.65. The number of carbonyl (C=O) groups is 2. The van der Waals surface area contributed by atoms with Crippen LogP contribution in [0.3, 0.4) is 0 Å². The van der Waals surface area contributed by atoms with Gasteiger partial charge in [-0.05, 0) is 49.2 Å². The topological polar surface area (TPSA) is 80.3 Å². The molecule has 2 aromatic rings. The Morgan fingerprint density at radius 3 is 2.31 bits per heavy atom. The summed E-state index contributed by atoms with van der Waals surface area (Å²) in [4.78, 5) is 28.1. The van der Waals surface area contributed by atoms with E-state index in [1.165, 1.54) is 39.2 Å². The quantitative estimate of drug-likeness (QED) is 0.798. The molecule has 0 unspecified atom stereocenters. The summed E-state index contributed by atoms with van der Waals surface area (Å²) in [7, 11) is 1.33. The van der Waals surface area contributed by atoms with E-state index in [0.29, 0.717) is 22.9 Å². The Morgan fingerprint density at radius 2 is 1.69 bits per heavy atom. The van der Waals surface area contributed by atoms with E-state index in [0.717, 1.165) is 5.82 Å². The Morgan fingerprint density at radius 1 is 1.00 bits per heavy atom. The molecule has 1 heterocycles. The first kappa shape index (κ1) is 17.9. The summed E-state index contributed by atoms with van der Waals surface area (Å²) in [6.45, 7) is 0. The highest BCUT2D eigenvalue weighted by atomic mass is 16.5. The molecule has 0 spiro atoms. The molecule has 3 rings (SSSR count). The van der Waals surface area contributed by atoms with Gasteiger partial charge in [0.1, 0.15) is 5.82 Å². The number of esters is 1. The molecule has 26 heavy (non-hydrogen) atoms. The number of amides is 1. The van der Waals surface area contributed by atoms with Crippen molar-refractivity contribution in [3.63, 3.8) is 0 Å². The number of benzene rings is 1. The first-order chi connectivity index (χ1) is 12.7. The SMILES string of the molecule is COC(=O)c1ccc(NC(=O)c2ccc(NC3CCCCC3)nc2)cc1. The van der Waals surface area contributed by atoms with Crippen LogP contribution in [0.5, 0.6) is 0 Å². The van der Waals surface area contributed by atoms with Crippen LogP contribution in [0.2, 0.25) is 0 Å². The summed E-state index contributed by atoms with van der Waals surface area (Å²) in [5.41, 5.74) is 1.52. The van der Waals surface area contributed by atoms with Crippen LogP contribution in [0, 0.1) is 0 Å². The number of methoxy groups -OCH3 is 1. The van der Waals surface area contributed by atoms with E-state index in [4.69, 9.17) is 0 Å². The van der Waals surface area contributed by atoms with Crippen molar-refractivity contribution in [2.45, 2.75) is 38.1 Å². The minimum atomic E-state index is -0.409. The number of nitrogens with one attached hydrogen (secondary N) is 2. The van der Waals surface area contributed by atoms with Gasteiger partial charge in [0, 0.05) is 17.9 Å². The van der Waals surface area contributed by atoms with Gasteiger partial charge in [0.25, 0.3) is 5.91 Å². The zero-order valence-corrected chi connectivity index (χ0v) is 14.8. The Hall–Kier alpha value is -2.89. The summed E-state index contributed by atoms with van der Waals surface area (Å²) >= 11 is 0. The van der Waals surface area contributed by atoms with Crippen LogP contribution in [-0.4, -0.2) is 30.0 Å². The van der Waals surface area contributed by atoms with E-state index in [1.54, 1.807) is 36.5 Å². The van der Waals surface area contributed by atoms with Crippen molar-refractivity contribution in [1.82, 2.24) is 4.98 Å². The number of pyridine rings is 1. The third-order valence-corrected chi connectivity index (χ3v) is 4.55. The third-order valence-electron chi connectivity index (χ3n) is 4.55. The third kappa shape index (κ3) is 4.59. The summed E-state index contributed by atoms with van der Waals surface area (Å²) in [5, 5.41) is 6.22. The van der Waals surface area contributed by atoms with Crippen LogP contribution in [0.15, 0.2) is 42.6 Å².